The maximum absolute atomic E-state index is 14.6. The summed E-state index contributed by atoms with van der Waals surface area (Å²) >= 11 is 0.619. The fourth-order valence-electron chi connectivity index (χ4n) is 3.36. The Labute approximate surface area is 180 Å². The molecule has 13 heteroatoms. The van der Waals surface area contributed by atoms with Crippen LogP contribution in [0, 0.1) is 12.7 Å². The van der Waals surface area contributed by atoms with Crippen molar-refractivity contribution in [3.63, 3.8) is 0 Å². The number of amides is 2. The van der Waals surface area contributed by atoms with Gasteiger partial charge in [-0.3, -0.25) is 0 Å². The molecule has 4 N–H and O–H groups in total. The summed E-state index contributed by atoms with van der Waals surface area (Å²) in [5.74, 6) is -1.05. The van der Waals surface area contributed by atoms with E-state index in [0.717, 1.165) is 0 Å². The molecule has 0 spiro atoms. The molecule has 1 aliphatic rings. The number of nitrogens with zero attached hydrogens (tertiary/aromatic N) is 2. The van der Waals surface area contributed by atoms with Gasteiger partial charge in [0.15, 0.2) is 19.9 Å². The monoisotopic (exact) mass is 480 g/mol. The molecule has 3 rings (SSSR count). The number of anilines is 1. The molecular formula is C18H20F4N4O3S2. The number of nitrogens with two attached hydrogens (primary N) is 1. The Morgan fingerprint density at radius 3 is 2.55 bits per heavy atom. The summed E-state index contributed by atoms with van der Waals surface area (Å²) in [4.78, 5) is 16.1. The van der Waals surface area contributed by atoms with Crippen molar-refractivity contribution in [2.24, 2.45) is 9.50 Å². The minimum atomic E-state index is -4.73. The fourth-order valence-corrected chi connectivity index (χ4v) is 5.74. The smallest absolute Gasteiger partial charge is 0.386 e. The van der Waals surface area contributed by atoms with Gasteiger partial charge in [0, 0.05) is 22.2 Å². The number of carbonyl (C=O) groups excluding carboxylic acids is 1. The molecule has 7 nitrogen and oxygen atoms in total. The van der Waals surface area contributed by atoms with Gasteiger partial charge in [-0.1, -0.05) is 0 Å². The van der Waals surface area contributed by atoms with Crippen molar-refractivity contribution < 1.29 is 31.7 Å². The van der Waals surface area contributed by atoms with Crippen LogP contribution in [0.4, 0.5) is 28.0 Å². The average molecular weight is 481 g/mol. The molecule has 0 unspecified atom stereocenters. The second-order valence-corrected chi connectivity index (χ2v) is 10.5. The second kappa shape index (κ2) is 7.80. The van der Waals surface area contributed by atoms with E-state index in [-0.39, 0.29) is 22.5 Å². The Kier molecular flexibility index (Phi) is 5.93. The number of hydrogen-bond acceptors (Lipinski definition) is 5. The van der Waals surface area contributed by atoms with E-state index in [1.807, 2.05) is 0 Å². The molecule has 2 aromatic rings. The fraction of sp³-hybridized carbons (Fsp3) is 0.444. The van der Waals surface area contributed by atoms with Gasteiger partial charge in [0.25, 0.3) is 0 Å². The summed E-state index contributed by atoms with van der Waals surface area (Å²) in [5.41, 5.74) is -2.62. The minimum absolute atomic E-state index is 0.109. The zero-order valence-corrected chi connectivity index (χ0v) is 18.4. The summed E-state index contributed by atoms with van der Waals surface area (Å²) in [7, 11) is -4.06. The third-order valence-corrected chi connectivity index (χ3v) is 7.71. The number of alkyl halides is 3. The first-order valence-electron chi connectivity index (χ1n) is 9.08. The molecule has 0 radical (unpaired) electrons. The SMILES string of the molecule is Cc1c(C(F)(F)F)nc2c(c1NC(=O)N=[S@@](N)(=O)c1scc(C(C)(C)O)c1F)CCC2. The summed E-state index contributed by atoms with van der Waals surface area (Å²) in [5, 5.41) is 19.0. The number of thiophene rings is 1. The molecule has 0 saturated heterocycles. The molecule has 1 atom stereocenters. The van der Waals surface area contributed by atoms with E-state index in [1.54, 1.807) is 0 Å². The van der Waals surface area contributed by atoms with Crippen LogP contribution in [-0.4, -0.2) is 20.3 Å². The highest BCUT2D eigenvalue weighted by atomic mass is 32.2. The van der Waals surface area contributed by atoms with Crippen LogP contribution in [0.15, 0.2) is 14.0 Å². The van der Waals surface area contributed by atoms with Crippen LogP contribution in [0.2, 0.25) is 0 Å². The van der Waals surface area contributed by atoms with Crippen molar-refractivity contribution in [3.05, 3.63) is 39.3 Å². The molecule has 0 aliphatic heterocycles. The van der Waals surface area contributed by atoms with Crippen LogP contribution in [0.3, 0.4) is 0 Å². The Bertz CT molecular complexity index is 1180. The number of fused-ring (bicyclic) bond motifs is 1. The normalized spacial score (nSPS) is 16.0. The van der Waals surface area contributed by atoms with E-state index in [1.165, 1.54) is 26.2 Å². The number of aryl methyl sites for hydroxylation is 1. The second-order valence-electron chi connectivity index (χ2n) is 7.64. The number of aliphatic hydroxyl groups is 1. The van der Waals surface area contributed by atoms with Gasteiger partial charge in [0.2, 0.25) is 0 Å². The summed E-state index contributed by atoms with van der Waals surface area (Å²) in [6.07, 6.45) is -3.43. The maximum atomic E-state index is 14.6. The highest BCUT2D eigenvalue weighted by Crippen LogP contribution is 2.39. The Morgan fingerprint density at radius 1 is 1.35 bits per heavy atom. The van der Waals surface area contributed by atoms with Crippen molar-refractivity contribution in [1.82, 2.24) is 4.98 Å². The van der Waals surface area contributed by atoms with Crippen molar-refractivity contribution in [3.8, 4) is 0 Å². The van der Waals surface area contributed by atoms with Gasteiger partial charge >= 0.3 is 12.2 Å². The molecule has 0 fully saturated rings. The first-order valence-corrected chi connectivity index (χ1v) is 11.5. The molecule has 2 aromatic heterocycles. The number of urea groups is 1. The van der Waals surface area contributed by atoms with Crippen LogP contribution >= 0.6 is 11.3 Å². The standard InChI is InChI=1S/C18H20F4N4O3S2/c1-8-13(9-5-4-6-11(9)24-14(8)18(20,21)22)25-16(27)26-31(23,29)15-12(19)10(7-30-15)17(2,3)28/h7,28H,4-6H2,1-3H3,(H3,23,24,25,26,27,29)/t31-/m1/s1. The highest BCUT2D eigenvalue weighted by molar-refractivity contribution is 7.93. The Hall–Kier alpha value is -2.09. The minimum Gasteiger partial charge on any atom is -0.386 e. The summed E-state index contributed by atoms with van der Waals surface area (Å²) in [6.45, 7) is 3.79. The van der Waals surface area contributed by atoms with E-state index in [9.17, 15) is 31.7 Å². The molecule has 0 bridgehead atoms. The largest absolute Gasteiger partial charge is 0.433 e. The van der Waals surface area contributed by atoms with E-state index in [2.05, 4.69) is 14.7 Å². The topological polar surface area (TPSA) is 118 Å². The lowest BCUT2D eigenvalue weighted by Gasteiger charge is -2.17. The number of nitrogens with one attached hydrogen (secondary N) is 1. The molecule has 31 heavy (non-hydrogen) atoms. The van der Waals surface area contributed by atoms with E-state index in [4.69, 9.17) is 5.14 Å². The molecule has 1 aliphatic carbocycles. The van der Waals surface area contributed by atoms with Gasteiger partial charge < -0.3 is 10.4 Å². The van der Waals surface area contributed by atoms with Gasteiger partial charge in [-0.2, -0.15) is 13.2 Å². The van der Waals surface area contributed by atoms with Crippen molar-refractivity contribution in [2.75, 3.05) is 5.32 Å². The zero-order chi connectivity index (χ0) is 23.4. The number of rotatable bonds is 3. The van der Waals surface area contributed by atoms with Crippen LogP contribution in [0.5, 0.6) is 0 Å². The number of aromatic nitrogens is 1. The average Bonchev–Trinajstić information content (AvgIpc) is 3.21. The molecule has 2 amide bonds. The first kappa shape index (κ1) is 23.6. The maximum Gasteiger partial charge on any atom is 0.433 e. The first-order chi connectivity index (χ1) is 14.1. The number of pyridine rings is 1. The molecule has 0 aromatic carbocycles. The third-order valence-electron chi connectivity index (χ3n) is 4.81. The van der Waals surface area contributed by atoms with Crippen LogP contribution < -0.4 is 10.5 Å². The van der Waals surface area contributed by atoms with Crippen LogP contribution in [0.1, 0.15) is 48.3 Å². The van der Waals surface area contributed by atoms with E-state index < -0.39 is 43.4 Å². The van der Waals surface area contributed by atoms with Crippen molar-refractivity contribution >= 4 is 33.0 Å². The van der Waals surface area contributed by atoms with Gasteiger partial charge in [-0.15, -0.1) is 15.7 Å². The van der Waals surface area contributed by atoms with Crippen LogP contribution in [0.25, 0.3) is 0 Å². The lowest BCUT2D eigenvalue weighted by Crippen LogP contribution is -2.21. The molecular weight excluding hydrogens is 460 g/mol. The van der Waals surface area contributed by atoms with Gasteiger partial charge in [0.05, 0.1) is 11.3 Å². The Morgan fingerprint density at radius 2 is 2.00 bits per heavy atom. The zero-order valence-electron chi connectivity index (χ0n) is 16.8. The van der Waals surface area contributed by atoms with Crippen LogP contribution in [-0.2, 0) is 34.5 Å². The van der Waals surface area contributed by atoms with Crippen molar-refractivity contribution in [2.45, 2.75) is 56.0 Å². The molecule has 0 saturated carbocycles. The Balaban J connectivity index is 2.01. The van der Waals surface area contributed by atoms with Gasteiger partial charge in [0.1, 0.15) is 5.69 Å². The molecule has 2 heterocycles. The number of halogens is 4. The third kappa shape index (κ3) is 4.59. The number of hydrogen-bond donors (Lipinski definition) is 3. The van der Waals surface area contributed by atoms with E-state index >= 15 is 0 Å². The lowest BCUT2D eigenvalue weighted by molar-refractivity contribution is -0.141. The van der Waals surface area contributed by atoms with Gasteiger partial charge in [-0.05, 0) is 45.6 Å². The van der Waals surface area contributed by atoms with Crippen molar-refractivity contribution in [1.29, 1.82) is 0 Å². The summed E-state index contributed by atoms with van der Waals surface area (Å²) < 4.78 is 70.2. The lowest BCUT2D eigenvalue weighted by atomic mass is 10.0. The quantitative estimate of drug-likeness (QED) is 0.569. The summed E-state index contributed by atoms with van der Waals surface area (Å²) in [6, 6.07) is -1.28. The van der Waals surface area contributed by atoms with Gasteiger partial charge in [-0.25, -0.2) is 23.5 Å². The van der Waals surface area contributed by atoms with E-state index in [0.29, 0.717) is 36.2 Å². The molecule has 170 valence electrons. The number of carbonyl (C=O) groups is 1. The predicted molar refractivity (Wildman–Crippen MR) is 108 cm³/mol. The highest BCUT2D eigenvalue weighted by Gasteiger charge is 2.38. The predicted octanol–water partition coefficient (Wildman–Crippen LogP) is 4.26.